The molecule has 0 aromatic heterocycles. The number of likely N-dealkylation sites (tertiary alicyclic amines) is 2. The zero-order chi connectivity index (χ0) is 20.1. The molecule has 2 aliphatic heterocycles. The Morgan fingerprint density at radius 2 is 1.75 bits per heavy atom. The SMILES string of the molecule is CCOC(=O)C1CCN(C(=O)C2CCN(Cc3c(F)cccc3Cl)CC2)CC1. The Hall–Kier alpha value is -1.66. The fourth-order valence-corrected chi connectivity index (χ4v) is 4.32. The molecule has 0 atom stereocenters. The van der Waals surface area contributed by atoms with Gasteiger partial charge in [0, 0.05) is 36.1 Å². The Kier molecular flexibility index (Phi) is 7.30. The molecule has 5 nitrogen and oxygen atoms in total. The molecule has 0 bridgehead atoms. The van der Waals surface area contributed by atoms with Crippen molar-refractivity contribution >= 4 is 23.5 Å². The molecule has 0 radical (unpaired) electrons. The minimum Gasteiger partial charge on any atom is -0.466 e. The molecule has 2 heterocycles. The molecule has 3 rings (SSSR count). The van der Waals surface area contributed by atoms with Crippen molar-refractivity contribution in [3.8, 4) is 0 Å². The summed E-state index contributed by atoms with van der Waals surface area (Å²) in [6.45, 7) is 5.41. The molecule has 2 fully saturated rings. The monoisotopic (exact) mass is 410 g/mol. The maximum atomic E-state index is 14.0. The second kappa shape index (κ2) is 9.70. The van der Waals surface area contributed by atoms with Crippen LogP contribution in [0.5, 0.6) is 0 Å². The maximum absolute atomic E-state index is 14.0. The normalized spacial score (nSPS) is 19.6. The molecule has 0 unspecified atom stereocenters. The molecular formula is C21H28ClFN2O3. The summed E-state index contributed by atoms with van der Waals surface area (Å²) in [4.78, 5) is 28.7. The van der Waals surface area contributed by atoms with Crippen molar-refractivity contribution < 1.29 is 18.7 Å². The molecule has 7 heteroatoms. The molecule has 1 aromatic rings. The van der Waals surface area contributed by atoms with Crippen LogP contribution in [0.15, 0.2) is 18.2 Å². The standard InChI is InChI=1S/C21H28ClFN2O3/c1-2-28-21(27)16-8-12-25(13-9-16)20(26)15-6-10-24(11-7-15)14-17-18(22)4-3-5-19(17)23/h3-5,15-16H,2,6-14H2,1H3. The number of piperidine rings is 2. The number of rotatable bonds is 5. The van der Waals surface area contributed by atoms with Crippen LogP contribution in [0.3, 0.4) is 0 Å². The Bertz CT molecular complexity index is 679. The highest BCUT2D eigenvalue weighted by Crippen LogP contribution is 2.27. The van der Waals surface area contributed by atoms with Crippen molar-refractivity contribution in [3.63, 3.8) is 0 Å². The second-order valence-electron chi connectivity index (χ2n) is 7.60. The summed E-state index contributed by atoms with van der Waals surface area (Å²) in [6, 6.07) is 4.74. The first kappa shape index (κ1) is 21.1. The summed E-state index contributed by atoms with van der Waals surface area (Å²) < 4.78 is 19.1. The third-order valence-corrected chi connectivity index (χ3v) is 6.16. The van der Waals surface area contributed by atoms with Gasteiger partial charge in [-0.1, -0.05) is 17.7 Å². The summed E-state index contributed by atoms with van der Waals surface area (Å²) in [5.74, 6) is -0.321. The molecule has 0 spiro atoms. The van der Waals surface area contributed by atoms with Gasteiger partial charge in [-0.15, -0.1) is 0 Å². The van der Waals surface area contributed by atoms with Crippen LogP contribution in [-0.2, 0) is 20.9 Å². The lowest BCUT2D eigenvalue weighted by atomic mass is 9.92. The van der Waals surface area contributed by atoms with Gasteiger partial charge in [-0.3, -0.25) is 14.5 Å². The maximum Gasteiger partial charge on any atom is 0.309 e. The zero-order valence-electron chi connectivity index (χ0n) is 16.3. The molecule has 2 aliphatic rings. The smallest absolute Gasteiger partial charge is 0.309 e. The Balaban J connectivity index is 1.46. The highest BCUT2D eigenvalue weighted by molar-refractivity contribution is 6.31. The van der Waals surface area contributed by atoms with Gasteiger partial charge in [-0.05, 0) is 57.8 Å². The van der Waals surface area contributed by atoms with E-state index in [1.54, 1.807) is 12.1 Å². The van der Waals surface area contributed by atoms with Gasteiger partial charge >= 0.3 is 5.97 Å². The molecule has 1 aromatic carbocycles. The van der Waals surface area contributed by atoms with Crippen LogP contribution >= 0.6 is 11.6 Å². The van der Waals surface area contributed by atoms with Gasteiger partial charge in [0.1, 0.15) is 5.82 Å². The third kappa shape index (κ3) is 5.03. The summed E-state index contributed by atoms with van der Waals surface area (Å²) in [6.07, 6.45) is 2.88. The van der Waals surface area contributed by atoms with Gasteiger partial charge in [0.15, 0.2) is 0 Å². The minimum atomic E-state index is -0.282. The summed E-state index contributed by atoms with van der Waals surface area (Å²) in [5.41, 5.74) is 0.523. The average Bonchev–Trinajstić information content (AvgIpc) is 2.71. The van der Waals surface area contributed by atoms with Crippen molar-refractivity contribution in [2.45, 2.75) is 39.2 Å². The van der Waals surface area contributed by atoms with E-state index < -0.39 is 0 Å². The van der Waals surface area contributed by atoms with Crippen LogP contribution in [0.25, 0.3) is 0 Å². The summed E-state index contributed by atoms with van der Waals surface area (Å²) in [7, 11) is 0. The fraction of sp³-hybridized carbons (Fsp3) is 0.619. The van der Waals surface area contributed by atoms with Crippen molar-refractivity contribution in [2.24, 2.45) is 11.8 Å². The predicted molar refractivity (Wildman–Crippen MR) is 105 cm³/mol. The molecule has 28 heavy (non-hydrogen) atoms. The molecule has 2 saturated heterocycles. The van der Waals surface area contributed by atoms with Gasteiger partial charge in [-0.25, -0.2) is 4.39 Å². The van der Waals surface area contributed by atoms with Crippen molar-refractivity contribution in [1.29, 1.82) is 0 Å². The number of esters is 1. The van der Waals surface area contributed by atoms with E-state index in [-0.39, 0.29) is 29.5 Å². The summed E-state index contributed by atoms with van der Waals surface area (Å²) >= 11 is 6.12. The highest BCUT2D eigenvalue weighted by atomic mass is 35.5. The largest absolute Gasteiger partial charge is 0.466 e. The van der Waals surface area contributed by atoms with Crippen LogP contribution in [0, 0.1) is 17.7 Å². The van der Waals surface area contributed by atoms with Gasteiger partial charge in [0.2, 0.25) is 5.91 Å². The number of ether oxygens (including phenoxy) is 1. The third-order valence-electron chi connectivity index (χ3n) is 5.81. The Morgan fingerprint density at radius 1 is 1.11 bits per heavy atom. The van der Waals surface area contributed by atoms with E-state index in [1.807, 2.05) is 11.8 Å². The Labute approximate surface area is 170 Å². The van der Waals surface area contributed by atoms with Crippen LogP contribution in [-0.4, -0.2) is 54.5 Å². The minimum absolute atomic E-state index is 0.00601. The van der Waals surface area contributed by atoms with E-state index in [4.69, 9.17) is 16.3 Å². The van der Waals surface area contributed by atoms with Gasteiger partial charge in [-0.2, -0.15) is 0 Å². The van der Waals surface area contributed by atoms with E-state index >= 15 is 0 Å². The predicted octanol–water partition coefficient (Wildman–Crippen LogP) is 3.49. The van der Waals surface area contributed by atoms with Crippen LogP contribution in [0.2, 0.25) is 5.02 Å². The summed E-state index contributed by atoms with van der Waals surface area (Å²) in [5, 5.41) is 0.447. The van der Waals surface area contributed by atoms with E-state index in [0.29, 0.717) is 49.7 Å². The van der Waals surface area contributed by atoms with E-state index in [0.717, 1.165) is 25.9 Å². The molecule has 0 aliphatic carbocycles. The Morgan fingerprint density at radius 3 is 2.36 bits per heavy atom. The quantitative estimate of drug-likeness (QED) is 0.697. The number of halogens is 2. The van der Waals surface area contributed by atoms with Gasteiger partial charge in [0.25, 0.3) is 0 Å². The number of nitrogens with zero attached hydrogens (tertiary/aromatic N) is 2. The first-order valence-electron chi connectivity index (χ1n) is 10.1. The molecule has 0 saturated carbocycles. The first-order chi connectivity index (χ1) is 13.5. The van der Waals surface area contributed by atoms with E-state index in [9.17, 15) is 14.0 Å². The number of amides is 1. The molecule has 0 N–H and O–H groups in total. The highest BCUT2D eigenvalue weighted by Gasteiger charge is 2.33. The average molecular weight is 411 g/mol. The molecule has 1 amide bonds. The number of hydrogen-bond acceptors (Lipinski definition) is 4. The number of benzene rings is 1. The zero-order valence-corrected chi connectivity index (χ0v) is 17.1. The molecular weight excluding hydrogens is 383 g/mol. The number of carbonyl (C=O) groups excluding carboxylic acids is 2. The van der Waals surface area contributed by atoms with Crippen molar-refractivity contribution in [3.05, 3.63) is 34.6 Å². The lowest BCUT2D eigenvalue weighted by Crippen LogP contribution is -2.46. The molecule has 154 valence electrons. The fourth-order valence-electron chi connectivity index (χ4n) is 4.10. The topological polar surface area (TPSA) is 49.9 Å². The lowest BCUT2D eigenvalue weighted by Gasteiger charge is -2.37. The van der Waals surface area contributed by atoms with Crippen LogP contribution in [0.1, 0.15) is 38.2 Å². The van der Waals surface area contributed by atoms with Crippen molar-refractivity contribution in [1.82, 2.24) is 9.80 Å². The number of hydrogen-bond donors (Lipinski definition) is 0. The lowest BCUT2D eigenvalue weighted by molar-refractivity contribution is -0.152. The van der Waals surface area contributed by atoms with Crippen LogP contribution < -0.4 is 0 Å². The van der Waals surface area contributed by atoms with Gasteiger partial charge in [0.05, 0.1) is 12.5 Å². The first-order valence-corrected chi connectivity index (χ1v) is 10.5. The van der Waals surface area contributed by atoms with E-state index in [1.165, 1.54) is 6.07 Å². The second-order valence-corrected chi connectivity index (χ2v) is 8.01. The van der Waals surface area contributed by atoms with E-state index in [2.05, 4.69) is 4.90 Å². The van der Waals surface area contributed by atoms with Crippen molar-refractivity contribution in [2.75, 3.05) is 32.8 Å². The van der Waals surface area contributed by atoms with Crippen LogP contribution in [0.4, 0.5) is 4.39 Å². The number of carbonyl (C=O) groups is 2. The van der Waals surface area contributed by atoms with Gasteiger partial charge < -0.3 is 9.64 Å².